The molecule has 0 saturated heterocycles. The second kappa shape index (κ2) is 11.3. The molecule has 2 aromatic rings. The highest BCUT2D eigenvalue weighted by Crippen LogP contribution is 2.26. The summed E-state index contributed by atoms with van der Waals surface area (Å²) in [5.41, 5.74) is 4.44. The van der Waals surface area contributed by atoms with Gasteiger partial charge in [-0.3, -0.25) is 9.69 Å². The Balaban J connectivity index is 1.77. The number of anilines is 1. The van der Waals surface area contributed by atoms with Gasteiger partial charge in [-0.15, -0.1) is 0 Å². The Kier molecular flexibility index (Phi) is 8.50. The number of methoxy groups -OCH3 is 1. The summed E-state index contributed by atoms with van der Waals surface area (Å²) < 4.78 is 5.38. The largest absolute Gasteiger partial charge is 0.497 e. The zero-order chi connectivity index (χ0) is 22.2. The molecule has 0 heterocycles. The first-order chi connectivity index (χ1) is 15.0. The van der Waals surface area contributed by atoms with Gasteiger partial charge in [0.25, 0.3) is 0 Å². The highest BCUT2D eigenvalue weighted by atomic mass is 16.5. The van der Waals surface area contributed by atoms with Crippen molar-refractivity contribution >= 4 is 11.6 Å². The maximum Gasteiger partial charge on any atom is 0.238 e. The van der Waals surface area contributed by atoms with Crippen LogP contribution in [0.15, 0.2) is 42.5 Å². The van der Waals surface area contributed by atoms with Crippen molar-refractivity contribution in [3.8, 4) is 5.75 Å². The smallest absolute Gasteiger partial charge is 0.238 e. The van der Waals surface area contributed by atoms with Crippen LogP contribution in [-0.2, 0) is 24.2 Å². The maximum absolute atomic E-state index is 13.2. The van der Waals surface area contributed by atoms with Gasteiger partial charge in [0.05, 0.1) is 19.8 Å². The van der Waals surface area contributed by atoms with Crippen LogP contribution in [0.3, 0.4) is 0 Å². The number of carbonyl (C=O) groups excluding carboxylic acids is 1. The first-order valence-corrected chi connectivity index (χ1v) is 11.5. The van der Waals surface area contributed by atoms with Crippen LogP contribution in [-0.4, -0.2) is 41.7 Å². The third-order valence-electron chi connectivity index (χ3n) is 6.31. The molecule has 5 heteroatoms. The summed E-state index contributed by atoms with van der Waals surface area (Å²) in [6.45, 7) is 5.25. The lowest BCUT2D eigenvalue weighted by molar-refractivity contribution is -0.118. The van der Waals surface area contributed by atoms with E-state index in [4.69, 9.17) is 4.74 Å². The zero-order valence-electron chi connectivity index (χ0n) is 19.1. The normalized spacial score (nSPS) is 18.7. The summed E-state index contributed by atoms with van der Waals surface area (Å²) in [5.74, 6) is 0.843. The van der Waals surface area contributed by atoms with Crippen molar-refractivity contribution in [2.24, 2.45) is 0 Å². The molecule has 0 spiro atoms. The monoisotopic (exact) mass is 424 g/mol. The Morgan fingerprint density at radius 1 is 1.06 bits per heavy atom. The molecule has 1 aliphatic carbocycles. The molecule has 2 N–H and O–H groups in total. The van der Waals surface area contributed by atoms with Gasteiger partial charge in [0.2, 0.25) is 5.91 Å². The summed E-state index contributed by atoms with van der Waals surface area (Å²) in [7, 11) is 1.67. The molecule has 1 amide bonds. The first kappa shape index (κ1) is 23.3. The number of aliphatic hydroxyl groups excluding tert-OH is 1. The van der Waals surface area contributed by atoms with Crippen LogP contribution in [0, 0.1) is 0 Å². The van der Waals surface area contributed by atoms with Gasteiger partial charge < -0.3 is 15.2 Å². The molecule has 3 rings (SSSR count). The van der Waals surface area contributed by atoms with Gasteiger partial charge in [-0.2, -0.15) is 0 Å². The maximum atomic E-state index is 13.2. The lowest BCUT2D eigenvalue weighted by Gasteiger charge is -2.35. The molecule has 0 unspecified atom stereocenters. The summed E-state index contributed by atoms with van der Waals surface area (Å²) in [4.78, 5) is 15.4. The van der Waals surface area contributed by atoms with E-state index in [1.807, 2.05) is 18.2 Å². The van der Waals surface area contributed by atoms with Crippen LogP contribution >= 0.6 is 0 Å². The van der Waals surface area contributed by atoms with Crippen molar-refractivity contribution in [3.63, 3.8) is 0 Å². The number of ether oxygens (including phenoxy) is 1. The van der Waals surface area contributed by atoms with Gasteiger partial charge in [0, 0.05) is 18.3 Å². The summed E-state index contributed by atoms with van der Waals surface area (Å²) >= 11 is 0. The van der Waals surface area contributed by atoms with Crippen molar-refractivity contribution in [1.82, 2.24) is 4.90 Å². The third-order valence-corrected chi connectivity index (χ3v) is 6.31. The lowest BCUT2D eigenvalue weighted by Crippen LogP contribution is -2.43. The lowest BCUT2D eigenvalue weighted by atomic mass is 9.91. The minimum atomic E-state index is -0.215. The topological polar surface area (TPSA) is 61.8 Å². The van der Waals surface area contributed by atoms with Gasteiger partial charge in [0.15, 0.2) is 0 Å². The van der Waals surface area contributed by atoms with Crippen LogP contribution in [0.4, 0.5) is 5.69 Å². The van der Waals surface area contributed by atoms with Gasteiger partial charge in [-0.25, -0.2) is 0 Å². The Labute approximate surface area is 186 Å². The standard InChI is InChI=1S/C26H36N2O3/c1-4-20-9-7-10-21(5-2)26(20)27-25(30)18-28(22-12-14-23(29)15-13-22)17-19-8-6-11-24(16-19)31-3/h6-11,16,22-23,29H,4-5,12-15,17-18H2,1-3H3,(H,27,30). The van der Waals surface area contributed by atoms with E-state index in [0.717, 1.165) is 55.5 Å². The Morgan fingerprint density at radius 2 is 1.71 bits per heavy atom. The zero-order valence-corrected chi connectivity index (χ0v) is 19.1. The quantitative estimate of drug-likeness (QED) is 0.619. The highest BCUT2D eigenvalue weighted by molar-refractivity contribution is 5.93. The van der Waals surface area contributed by atoms with Gasteiger partial charge in [-0.1, -0.05) is 44.2 Å². The summed E-state index contributed by atoms with van der Waals surface area (Å²) in [5, 5.41) is 13.2. The van der Waals surface area contributed by atoms with Crippen molar-refractivity contribution in [3.05, 3.63) is 59.2 Å². The van der Waals surface area contributed by atoms with Crippen LogP contribution in [0.25, 0.3) is 0 Å². The van der Waals surface area contributed by atoms with E-state index >= 15 is 0 Å². The predicted octanol–water partition coefficient (Wildman–Crippen LogP) is 4.56. The number of aryl methyl sites for hydroxylation is 2. The number of hydrogen-bond acceptors (Lipinski definition) is 4. The molecule has 31 heavy (non-hydrogen) atoms. The van der Waals surface area contributed by atoms with E-state index in [9.17, 15) is 9.90 Å². The number of carbonyl (C=O) groups is 1. The second-order valence-electron chi connectivity index (χ2n) is 8.43. The number of nitrogens with one attached hydrogen (secondary N) is 1. The molecule has 2 aromatic carbocycles. The van der Waals surface area contributed by atoms with Crippen molar-refractivity contribution in [2.75, 3.05) is 19.0 Å². The molecule has 1 aliphatic rings. The van der Waals surface area contributed by atoms with Crippen LogP contribution in [0.2, 0.25) is 0 Å². The molecule has 0 aliphatic heterocycles. The highest BCUT2D eigenvalue weighted by Gasteiger charge is 2.27. The number of aliphatic hydroxyl groups is 1. The van der Waals surface area contributed by atoms with Gasteiger partial charge >= 0.3 is 0 Å². The first-order valence-electron chi connectivity index (χ1n) is 11.5. The summed E-state index contributed by atoms with van der Waals surface area (Å²) in [6.07, 6.45) is 4.95. The van der Waals surface area contributed by atoms with Crippen molar-refractivity contribution in [1.29, 1.82) is 0 Å². The molecule has 1 saturated carbocycles. The fraction of sp³-hybridized carbons (Fsp3) is 0.500. The predicted molar refractivity (Wildman–Crippen MR) is 125 cm³/mol. The molecule has 1 fully saturated rings. The van der Waals surface area contributed by atoms with E-state index in [-0.39, 0.29) is 18.1 Å². The second-order valence-corrected chi connectivity index (χ2v) is 8.43. The molecule has 0 radical (unpaired) electrons. The number of nitrogens with zero attached hydrogens (tertiary/aromatic N) is 1. The molecule has 168 valence electrons. The van der Waals surface area contributed by atoms with E-state index in [1.54, 1.807) is 7.11 Å². The van der Waals surface area contributed by atoms with Gasteiger partial charge in [0.1, 0.15) is 5.75 Å². The number of amides is 1. The third kappa shape index (κ3) is 6.31. The average Bonchev–Trinajstić information content (AvgIpc) is 2.79. The Hall–Kier alpha value is -2.37. The number of rotatable bonds is 9. The molecule has 5 nitrogen and oxygen atoms in total. The molecule has 0 bridgehead atoms. The molecular weight excluding hydrogens is 388 g/mol. The van der Waals surface area contributed by atoms with E-state index in [1.165, 1.54) is 11.1 Å². The Bertz CT molecular complexity index is 837. The average molecular weight is 425 g/mol. The molecule has 0 atom stereocenters. The fourth-order valence-corrected chi connectivity index (χ4v) is 4.51. The van der Waals surface area contributed by atoms with E-state index in [0.29, 0.717) is 13.1 Å². The van der Waals surface area contributed by atoms with Crippen LogP contribution in [0.5, 0.6) is 5.75 Å². The minimum absolute atomic E-state index is 0.0182. The summed E-state index contributed by atoms with van der Waals surface area (Å²) in [6, 6.07) is 14.6. The fourth-order valence-electron chi connectivity index (χ4n) is 4.51. The number of benzene rings is 2. The number of hydrogen-bond donors (Lipinski definition) is 2. The Morgan fingerprint density at radius 3 is 2.32 bits per heavy atom. The SMILES string of the molecule is CCc1cccc(CC)c1NC(=O)CN(Cc1cccc(OC)c1)C1CCC(O)CC1. The minimum Gasteiger partial charge on any atom is -0.497 e. The van der Waals surface area contributed by atoms with Crippen LogP contribution in [0.1, 0.15) is 56.2 Å². The number of para-hydroxylation sites is 1. The van der Waals surface area contributed by atoms with Crippen molar-refractivity contribution in [2.45, 2.75) is 71.1 Å². The molecular formula is C26H36N2O3. The van der Waals surface area contributed by atoms with Crippen LogP contribution < -0.4 is 10.1 Å². The van der Waals surface area contributed by atoms with E-state index in [2.05, 4.69) is 48.3 Å². The molecule has 0 aromatic heterocycles. The van der Waals surface area contributed by atoms with Gasteiger partial charge in [-0.05, 0) is 67.3 Å². The van der Waals surface area contributed by atoms with Crippen molar-refractivity contribution < 1.29 is 14.6 Å². The van der Waals surface area contributed by atoms with E-state index < -0.39 is 0 Å².